The Morgan fingerprint density at radius 2 is 1.69 bits per heavy atom. The topological polar surface area (TPSA) is 81.1 Å². The highest BCUT2D eigenvalue weighted by molar-refractivity contribution is 7.90. The van der Waals surface area contributed by atoms with E-state index in [2.05, 4.69) is 10.4 Å². The van der Waals surface area contributed by atoms with Gasteiger partial charge in [-0.05, 0) is 55.0 Å². The zero-order valence-corrected chi connectivity index (χ0v) is 18.8. The second kappa shape index (κ2) is 8.98. The van der Waals surface area contributed by atoms with Crippen molar-refractivity contribution in [3.8, 4) is 5.69 Å². The summed E-state index contributed by atoms with van der Waals surface area (Å²) in [5, 5.41) is 7.85. The fraction of sp³-hybridized carbons (Fsp3) is 0.0833. The van der Waals surface area contributed by atoms with Gasteiger partial charge in [0, 0.05) is 16.7 Å². The number of hydrogen-bond donors (Lipinski definition) is 1. The lowest BCUT2D eigenvalue weighted by Gasteiger charge is -2.10. The highest BCUT2D eigenvalue weighted by atomic mass is 35.5. The van der Waals surface area contributed by atoms with Crippen molar-refractivity contribution in [2.75, 3.05) is 5.32 Å². The van der Waals surface area contributed by atoms with Gasteiger partial charge in [0.15, 0.2) is 9.84 Å². The Morgan fingerprint density at radius 3 is 2.38 bits per heavy atom. The van der Waals surface area contributed by atoms with E-state index in [-0.39, 0.29) is 16.6 Å². The molecular weight excluding hydrogens is 446 g/mol. The van der Waals surface area contributed by atoms with Gasteiger partial charge in [0.05, 0.1) is 22.0 Å². The number of aryl methyl sites for hydroxylation is 1. The maximum atomic E-state index is 12.8. The van der Waals surface area contributed by atoms with Crippen LogP contribution < -0.4 is 5.32 Å². The first-order valence-corrected chi connectivity index (χ1v) is 11.9. The number of aromatic nitrogens is 2. The van der Waals surface area contributed by atoms with E-state index in [9.17, 15) is 13.2 Å². The van der Waals surface area contributed by atoms with Crippen LogP contribution in [0, 0.1) is 6.92 Å². The maximum absolute atomic E-state index is 12.8. The molecule has 0 aliphatic rings. The number of hydrogen-bond acceptors (Lipinski definition) is 4. The number of nitrogens with one attached hydrogen (secondary N) is 1. The second-order valence-electron chi connectivity index (χ2n) is 7.29. The van der Waals surface area contributed by atoms with Crippen molar-refractivity contribution in [2.24, 2.45) is 0 Å². The van der Waals surface area contributed by atoms with E-state index in [4.69, 9.17) is 11.6 Å². The van der Waals surface area contributed by atoms with Crippen LogP contribution in [-0.2, 0) is 15.6 Å². The van der Waals surface area contributed by atoms with E-state index < -0.39 is 9.84 Å². The number of rotatable bonds is 6. The molecule has 1 amide bonds. The van der Waals surface area contributed by atoms with Crippen LogP contribution in [0.1, 0.15) is 21.6 Å². The van der Waals surface area contributed by atoms with Crippen molar-refractivity contribution in [1.29, 1.82) is 0 Å². The third-order valence-electron chi connectivity index (χ3n) is 4.80. The monoisotopic (exact) mass is 465 g/mol. The summed E-state index contributed by atoms with van der Waals surface area (Å²) in [4.78, 5) is 13.1. The highest BCUT2D eigenvalue weighted by Crippen LogP contribution is 2.21. The number of nitrogens with zero attached hydrogens (tertiary/aromatic N) is 2. The van der Waals surface area contributed by atoms with E-state index in [1.807, 2.05) is 19.1 Å². The third-order valence-corrected chi connectivity index (χ3v) is 6.74. The summed E-state index contributed by atoms with van der Waals surface area (Å²) in [6, 6.07) is 23.7. The van der Waals surface area contributed by atoms with Crippen LogP contribution in [0.15, 0.2) is 89.8 Å². The smallest absolute Gasteiger partial charge is 0.256 e. The zero-order chi connectivity index (χ0) is 22.7. The molecule has 4 rings (SSSR count). The third kappa shape index (κ3) is 4.90. The molecule has 0 atom stereocenters. The van der Waals surface area contributed by atoms with Gasteiger partial charge in [-0.3, -0.25) is 4.79 Å². The van der Waals surface area contributed by atoms with E-state index in [1.54, 1.807) is 77.5 Å². The number of sulfone groups is 1. The number of carbonyl (C=O) groups excluding carboxylic acids is 1. The molecule has 1 heterocycles. The van der Waals surface area contributed by atoms with E-state index in [0.717, 1.165) is 11.4 Å². The number of amides is 1. The number of carbonyl (C=O) groups is 1. The predicted octanol–water partition coefficient (Wildman–Crippen LogP) is 5.06. The fourth-order valence-electron chi connectivity index (χ4n) is 3.26. The molecule has 0 aliphatic carbocycles. The molecule has 0 aliphatic heterocycles. The van der Waals surface area contributed by atoms with Crippen LogP contribution in [-0.4, -0.2) is 24.1 Å². The van der Waals surface area contributed by atoms with Crippen LogP contribution in [0.4, 0.5) is 5.82 Å². The first-order chi connectivity index (χ1) is 15.3. The van der Waals surface area contributed by atoms with E-state index >= 15 is 0 Å². The average molecular weight is 466 g/mol. The van der Waals surface area contributed by atoms with Gasteiger partial charge in [0.25, 0.3) is 5.91 Å². The molecule has 6 nitrogen and oxygen atoms in total. The molecule has 0 spiro atoms. The van der Waals surface area contributed by atoms with Crippen molar-refractivity contribution < 1.29 is 13.2 Å². The molecule has 3 aromatic carbocycles. The van der Waals surface area contributed by atoms with Gasteiger partial charge < -0.3 is 5.32 Å². The molecule has 0 radical (unpaired) electrons. The molecule has 0 bridgehead atoms. The predicted molar refractivity (Wildman–Crippen MR) is 125 cm³/mol. The quantitative estimate of drug-likeness (QED) is 0.431. The summed E-state index contributed by atoms with van der Waals surface area (Å²) >= 11 is 6.08. The minimum absolute atomic E-state index is 0.139. The van der Waals surface area contributed by atoms with Crippen molar-refractivity contribution in [2.45, 2.75) is 17.6 Å². The first-order valence-electron chi connectivity index (χ1n) is 9.82. The van der Waals surface area contributed by atoms with Crippen LogP contribution in [0.3, 0.4) is 0 Å². The SMILES string of the molecule is Cc1cc(NC(=O)c2ccc(CS(=O)(=O)c3ccccc3)cc2)n(-c2cccc(Cl)c2)n1. The van der Waals surface area contributed by atoms with Crippen molar-refractivity contribution in [3.63, 3.8) is 0 Å². The molecule has 0 fully saturated rings. The highest BCUT2D eigenvalue weighted by Gasteiger charge is 2.16. The van der Waals surface area contributed by atoms with Gasteiger partial charge >= 0.3 is 0 Å². The molecule has 1 N–H and O–H groups in total. The number of halogens is 1. The molecule has 32 heavy (non-hydrogen) atoms. The summed E-state index contributed by atoms with van der Waals surface area (Å²) in [5.74, 6) is 0.0377. The average Bonchev–Trinajstić information content (AvgIpc) is 3.14. The Hall–Kier alpha value is -3.42. The molecule has 1 aromatic heterocycles. The summed E-state index contributed by atoms with van der Waals surface area (Å²) in [6.07, 6.45) is 0. The summed E-state index contributed by atoms with van der Waals surface area (Å²) in [7, 11) is -3.45. The molecule has 4 aromatic rings. The van der Waals surface area contributed by atoms with Crippen LogP contribution in [0.2, 0.25) is 5.02 Å². The maximum Gasteiger partial charge on any atom is 0.256 e. The zero-order valence-electron chi connectivity index (χ0n) is 17.2. The molecule has 8 heteroatoms. The van der Waals surface area contributed by atoms with Crippen LogP contribution in [0.25, 0.3) is 5.69 Å². The fourth-order valence-corrected chi connectivity index (χ4v) is 4.82. The summed E-state index contributed by atoms with van der Waals surface area (Å²) in [5.41, 5.74) is 2.47. The van der Waals surface area contributed by atoms with Gasteiger partial charge in [-0.25, -0.2) is 13.1 Å². The molecule has 162 valence electrons. The minimum Gasteiger partial charge on any atom is -0.306 e. The van der Waals surface area contributed by atoms with E-state index in [0.29, 0.717) is 22.0 Å². The largest absolute Gasteiger partial charge is 0.306 e. The Bertz CT molecular complexity index is 1370. The van der Waals surface area contributed by atoms with Gasteiger partial charge in [-0.15, -0.1) is 0 Å². The standard InChI is InChI=1S/C24H20ClN3O3S/c1-17-14-23(28(27-17)21-7-5-6-20(25)15-21)26-24(29)19-12-10-18(11-13-19)16-32(30,31)22-8-3-2-4-9-22/h2-15H,16H2,1H3,(H,26,29). The van der Waals surface area contributed by atoms with Crippen molar-refractivity contribution in [3.05, 3.63) is 107 Å². The minimum atomic E-state index is -3.45. The molecule has 0 saturated heterocycles. The summed E-state index contributed by atoms with van der Waals surface area (Å²) in [6.45, 7) is 1.83. The number of benzene rings is 3. The number of anilines is 1. The Balaban J connectivity index is 1.51. The lowest BCUT2D eigenvalue weighted by molar-refractivity contribution is 0.102. The molecular formula is C24H20ClN3O3S. The first kappa shape index (κ1) is 21.8. The molecule has 0 saturated carbocycles. The van der Waals surface area contributed by atoms with Gasteiger partial charge in [0.2, 0.25) is 0 Å². The van der Waals surface area contributed by atoms with Gasteiger partial charge in [-0.1, -0.05) is 48.0 Å². The van der Waals surface area contributed by atoms with Gasteiger partial charge in [-0.2, -0.15) is 5.10 Å². The van der Waals surface area contributed by atoms with E-state index in [1.165, 1.54) is 0 Å². The van der Waals surface area contributed by atoms with Crippen molar-refractivity contribution >= 4 is 33.2 Å². The Kier molecular flexibility index (Phi) is 6.12. The lowest BCUT2D eigenvalue weighted by Crippen LogP contribution is -2.15. The van der Waals surface area contributed by atoms with Crippen LogP contribution >= 0.6 is 11.6 Å². The van der Waals surface area contributed by atoms with Crippen LogP contribution in [0.5, 0.6) is 0 Å². The summed E-state index contributed by atoms with van der Waals surface area (Å²) < 4.78 is 26.7. The Morgan fingerprint density at radius 1 is 0.969 bits per heavy atom. The normalized spacial score (nSPS) is 11.3. The Labute approximate surface area is 191 Å². The molecule has 0 unspecified atom stereocenters. The lowest BCUT2D eigenvalue weighted by atomic mass is 10.1. The van der Waals surface area contributed by atoms with Crippen molar-refractivity contribution in [1.82, 2.24) is 9.78 Å². The second-order valence-corrected chi connectivity index (χ2v) is 9.71. The van der Waals surface area contributed by atoms with Gasteiger partial charge in [0.1, 0.15) is 5.82 Å².